The number of hydrogen-bond donors (Lipinski definition) is 1. The van der Waals surface area contributed by atoms with Gasteiger partial charge in [-0.25, -0.2) is 0 Å². The monoisotopic (exact) mass is 269 g/mol. The van der Waals surface area contributed by atoms with Crippen molar-refractivity contribution < 1.29 is 14.6 Å². The molecule has 0 aromatic heterocycles. The molecule has 0 aliphatic heterocycles. The maximum Gasteiger partial charge on any atom is 0.148 e. The van der Waals surface area contributed by atoms with E-state index in [4.69, 9.17) is 19.8 Å². The number of aliphatic hydroxyl groups is 1. The van der Waals surface area contributed by atoms with E-state index in [1.54, 1.807) is 25.3 Å². The van der Waals surface area contributed by atoms with Crippen LogP contribution in [0.4, 0.5) is 0 Å². The smallest absolute Gasteiger partial charge is 0.148 e. The van der Waals surface area contributed by atoms with Crippen LogP contribution < -0.4 is 9.47 Å². The van der Waals surface area contributed by atoms with Crippen molar-refractivity contribution in [1.29, 1.82) is 5.26 Å². The summed E-state index contributed by atoms with van der Waals surface area (Å²) in [6, 6.07) is 14.6. The lowest BCUT2D eigenvalue weighted by molar-refractivity contribution is 0.298. The fourth-order valence-corrected chi connectivity index (χ4v) is 1.86. The van der Waals surface area contributed by atoms with Gasteiger partial charge in [-0.15, -0.1) is 0 Å². The van der Waals surface area contributed by atoms with Gasteiger partial charge in [-0.3, -0.25) is 0 Å². The minimum atomic E-state index is 0.0452. The molecule has 2 aromatic carbocycles. The molecule has 0 heterocycles. The number of aliphatic hydroxyl groups excluding tert-OH is 1. The van der Waals surface area contributed by atoms with E-state index >= 15 is 0 Å². The van der Waals surface area contributed by atoms with E-state index in [1.165, 1.54) is 0 Å². The Bertz CT molecular complexity index is 632. The molecular formula is C16H15NO3. The zero-order chi connectivity index (χ0) is 14.4. The molecule has 0 unspecified atom stereocenters. The Morgan fingerprint density at radius 2 is 1.95 bits per heavy atom. The number of benzene rings is 2. The van der Waals surface area contributed by atoms with Crippen LogP contribution in [-0.4, -0.2) is 18.8 Å². The number of methoxy groups -OCH3 is 1. The molecule has 0 aliphatic rings. The molecule has 0 aliphatic carbocycles. The van der Waals surface area contributed by atoms with Crippen LogP contribution >= 0.6 is 0 Å². The Hall–Kier alpha value is -2.51. The second-order valence-electron chi connectivity index (χ2n) is 4.16. The Balaban J connectivity index is 2.36. The summed E-state index contributed by atoms with van der Waals surface area (Å²) in [7, 11) is 1.56. The van der Waals surface area contributed by atoms with Gasteiger partial charge >= 0.3 is 0 Å². The first kappa shape index (κ1) is 13.9. The minimum Gasteiger partial charge on any atom is -0.497 e. The average Bonchev–Trinajstić information content (AvgIpc) is 2.49. The Kier molecular flexibility index (Phi) is 4.59. The van der Waals surface area contributed by atoms with Gasteiger partial charge in [-0.1, -0.05) is 18.2 Å². The van der Waals surface area contributed by atoms with E-state index in [9.17, 15) is 0 Å². The molecule has 4 nitrogen and oxygen atoms in total. The van der Waals surface area contributed by atoms with Crippen LogP contribution in [-0.2, 0) is 6.42 Å². The molecule has 0 atom stereocenters. The third-order valence-electron chi connectivity index (χ3n) is 2.88. The molecule has 0 amide bonds. The third-order valence-corrected chi connectivity index (χ3v) is 2.88. The first-order chi connectivity index (χ1) is 9.78. The summed E-state index contributed by atoms with van der Waals surface area (Å²) >= 11 is 0. The number of nitrogens with zero attached hydrogens (tertiary/aromatic N) is 1. The highest BCUT2D eigenvalue weighted by Gasteiger charge is 2.09. The first-order valence-electron chi connectivity index (χ1n) is 6.23. The van der Waals surface area contributed by atoms with Crippen LogP contribution in [0.1, 0.15) is 11.1 Å². The number of nitriles is 1. The van der Waals surface area contributed by atoms with Gasteiger partial charge in [-0.05, 0) is 30.2 Å². The standard InChI is InChI=1S/C16H15NO3/c1-19-14-7-6-13(11-17)16(10-14)20-15-5-3-2-4-12(15)8-9-18/h2-7,10,18H,8-9H2,1H3. The van der Waals surface area contributed by atoms with Crippen LogP contribution in [0.2, 0.25) is 0 Å². The van der Waals surface area contributed by atoms with E-state index in [-0.39, 0.29) is 6.61 Å². The molecule has 0 saturated heterocycles. The summed E-state index contributed by atoms with van der Waals surface area (Å²) in [5.41, 5.74) is 1.33. The summed E-state index contributed by atoms with van der Waals surface area (Å²) in [5.74, 6) is 1.70. The zero-order valence-corrected chi connectivity index (χ0v) is 11.2. The fourth-order valence-electron chi connectivity index (χ4n) is 1.86. The van der Waals surface area contributed by atoms with Crippen LogP contribution in [0, 0.1) is 11.3 Å². The third kappa shape index (κ3) is 3.08. The van der Waals surface area contributed by atoms with Crippen molar-refractivity contribution in [3.8, 4) is 23.3 Å². The Morgan fingerprint density at radius 3 is 2.65 bits per heavy atom. The van der Waals surface area contributed by atoms with E-state index in [1.807, 2.05) is 24.3 Å². The second-order valence-corrected chi connectivity index (χ2v) is 4.16. The summed E-state index contributed by atoms with van der Waals surface area (Å²) in [6.07, 6.45) is 0.502. The summed E-state index contributed by atoms with van der Waals surface area (Å²) in [6.45, 7) is 0.0452. The zero-order valence-electron chi connectivity index (χ0n) is 11.2. The normalized spacial score (nSPS) is 9.85. The summed E-state index contributed by atoms with van der Waals surface area (Å²) in [5, 5.41) is 18.2. The van der Waals surface area contributed by atoms with E-state index in [0.717, 1.165) is 5.56 Å². The molecule has 2 aromatic rings. The molecule has 0 fully saturated rings. The molecule has 20 heavy (non-hydrogen) atoms. The molecule has 0 saturated carbocycles. The van der Waals surface area contributed by atoms with Gasteiger partial charge in [0.1, 0.15) is 23.3 Å². The molecule has 102 valence electrons. The van der Waals surface area contributed by atoms with Crippen LogP contribution in [0.5, 0.6) is 17.2 Å². The number of ether oxygens (including phenoxy) is 2. The SMILES string of the molecule is COc1ccc(C#N)c(Oc2ccccc2CCO)c1. The van der Waals surface area contributed by atoms with Gasteiger partial charge in [0, 0.05) is 12.7 Å². The van der Waals surface area contributed by atoms with Crippen molar-refractivity contribution >= 4 is 0 Å². The van der Waals surface area contributed by atoms with E-state index < -0.39 is 0 Å². The van der Waals surface area contributed by atoms with Crippen molar-refractivity contribution in [2.45, 2.75) is 6.42 Å². The van der Waals surface area contributed by atoms with Crippen molar-refractivity contribution in [2.24, 2.45) is 0 Å². The van der Waals surface area contributed by atoms with E-state index in [0.29, 0.717) is 29.2 Å². The lowest BCUT2D eigenvalue weighted by Crippen LogP contribution is -1.96. The molecule has 0 bridgehead atoms. The quantitative estimate of drug-likeness (QED) is 0.906. The van der Waals surface area contributed by atoms with Gasteiger partial charge in [0.05, 0.1) is 12.7 Å². The predicted octanol–water partition coefficient (Wildman–Crippen LogP) is 2.89. The van der Waals surface area contributed by atoms with E-state index in [2.05, 4.69) is 6.07 Å². The van der Waals surface area contributed by atoms with Crippen LogP contribution in [0.15, 0.2) is 42.5 Å². The minimum absolute atomic E-state index is 0.0452. The predicted molar refractivity (Wildman–Crippen MR) is 75.0 cm³/mol. The number of para-hydroxylation sites is 1. The number of rotatable bonds is 5. The lowest BCUT2D eigenvalue weighted by atomic mass is 10.1. The van der Waals surface area contributed by atoms with Crippen molar-refractivity contribution in [2.75, 3.05) is 13.7 Å². The van der Waals surface area contributed by atoms with Gasteiger partial charge in [0.25, 0.3) is 0 Å². The molecular weight excluding hydrogens is 254 g/mol. The fraction of sp³-hybridized carbons (Fsp3) is 0.188. The summed E-state index contributed by atoms with van der Waals surface area (Å²) < 4.78 is 11.0. The molecule has 2 rings (SSSR count). The highest BCUT2D eigenvalue weighted by atomic mass is 16.5. The maximum atomic E-state index is 9.12. The van der Waals surface area contributed by atoms with Gasteiger partial charge in [0.2, 0.25) is 0 Å². The molecule has 1 N–H and O–H groups in total. The largest absolute Gasteiger partial charge is 0.497 e. The highest BCUT2D eigenvalue weighted by molar-refractivity contribution is 5.50. The average molecular weight is 269 g/mol. The molecule has 4 heteroatoms. The topological polar surface area (TPSA) is 62.5 Å². The maximum absolute atomic E-state index is 9.12. The van der Waals surface area contributed by atoms with Crippen LogP contribution in [0.25, 0.3) is 0 Å². The molecule has 0 radical (unpaired) electrons. The van der Waals surface area contributed by atoms with Gasteiger partial charge in [0.15, 0.2) is 0 Å². The van der Waals surface area contributed by atoms with Gasteiger partial charge < -0.3 is 14.6 Å². The van der Waals surface area contributed by atoms with Crippen molar-refractivity contribution in [3.63, 3.8) is 0 Å². The van der Waals surface area contributed by atoms with Crippen molar-refractivity contribution in [1.82, 2.24) is 0 Å². The lowest BCUT2D eigenvalue weighted by Gasteiger charge is -2.12. The van der Waals surface area contributed by atoms with Crippen LogP contribution in [0.3, 0.4) is 0 Å². The van der Waals surface area contributed by atoms with Crippen molar-refractivity contribution in [3.05, 3.63) is 53.6 Å². The first-order valence-corrected chi connectivity index (χ1v) is 6.23. The second kappa shape index (κ2) is 6.60. The highest BCUT2D eigenvalue weighted by Crippen LogP contribution is 2.31. The molecule has 0 spiro atoms. The Morgan fingerprint density at radius 1 is 1.15 bits per heavy atom. The Labute approximate surface area is 117 Å². The van der Waals surface area contributed by atoms with Gasteiger partial charge in [-0.2, -0.15) is 5.26 Å². The summed E-state index contributed by atoms with van der Waals surface area (Å²) in [4.78, 5) is 0. The number of hydrogen-bond acceptors (Lipinski definition) is 4.